The second kappa shape index (κ2) is 13.0. The SMILES string of the molecule is Cl.NCC(Cc1ccc(OCCOc2c(Cl)cccc2Cl)cc1)C(=O)N1CCOCC1. The van der Waals surface area contributed by atoms with Crippen LogP contribution in [0.3, 0.4) is 0 Å². The zero-order chi connectivity index (χ0) is 21.3. The largest absolute Gasteiger partial charge is 0.490 e. The molecule has 1 amide bonds. The van der Waals surface area contributed by atoms with Crippen LogP contribution in [0.15, 0.2) is 42.5 Å². The van der Waals surface area contributed by atoms with E-state index in [0.29, 0.717) is 68.3 Å². The van der Waals surface area contributed by atoms with Gasteiger partial charge in [0.05, 0.1) is 29.2 Å². The smallest absolute Gasteiger partial charge is 0.227 e. The zero-order valence-corrected chi connectivity index (χ0v) is 19.4. The Morgan fingerprint density at radius 1 is 1.03 bits per heavy atom. The summed E-state index contributed by atoms with van der Waals surface area (Å²) in [4.78, 5) is 14.5. The van der Waals surface area contributed by atoms with Crippen LogP contribution in [0.4, 0.5) is 0 Å². The molecule has 0 aromatic heterocycles. The van der Waals surface area contributed by atoms with Crippen LogP contribution >= 0.6 is 35.6 Å². The van der Waals surface area contributed by atoms with E-state index in [1.165, 1.54) is 0 Å². The lowest BCUT2D eigenvalue weighted by Gasteiger charge is -2.30. The van der Waals surface area contributed by atoms with Crippen molar-refractivity contribution < 1.29 is 19.0 Å². The standard InChI is InChI=1S/C22H26Cl2N2O4.ClH/c23-19-2-1-3-20(24)21(19)30-13-12-29-18-6-4-16(5-7-18)14-17(15-25)22(27)26-8-10-28-11-9-26;/h1-7,17H,8-15,25H2;1H. The Morgan fingerprint density at radius 3 is 2.26 bits per heavy atom. The number of morpholine rings is 1. The fourth-order valence-electron chi connectivity index (χ4n) is 3.24. The molecule has 1 atom stereocenters. The summed E-state index contributed by atoms with van der Waals surface area (Å²) in [6.45, 7) is 3.41. The topological polar surface area (TPSA) is 74.0 Å². The maximum absolute atomic E-state index is 12.7. The van der Waals surface area contributed by atoms with E-state index in [9.17, 15) is 4.79 Å². The van der Waals surface area contributed by atoms with Crippen LogP contribution in [-0.4, -0.2) is 56.9 Å². The minimum absolute atomic E-state index is 0. The van der Waals surface area contributed by atoms with Crippen molar-refractivity contribution in [2.45, 2.75) is 6.42 Å². The maximum atomic E-state index is 12.7. The van der Waals surface area contributed by atoms with Crippen molar-refractivity contribution in [2.75, 3.05) is 46.1 Å². The molecule has 2 aromatic rings. The number of carbonyl (C=O) groups is 1. The van der Waals surface area contributed by atoms with E-state index in [-0.39, 0.29) is 24.2 Å². The predicted octanol–water partition coefficient (Wildman–Crippen LogP) is 3.85. The van der Waals surface area contributed by atoms with Gasteiger partial charge in [-0.05, 0) is 36.2 Å². The van der Waals surface area contributed by atoms with Crippen LogP contribution in [0.25, 0.3) is 0 Å². The van der Waals surface area contributed by atoms with Crippen molar-refractivity contribution >= 4 is 41.5 Å². The van der Waals surface area contributed by atoms with E-state index in [0.717, 1.165) is 11.3 Å². The van der Waals surface area contributed by atoms with Gasteiger partial charge in [0.15, 0.2) is 5.75 Å². The highest BCUT2D eigenvalue weighted by atomic mass is 35.5. The number of nitrogens with two attached hydrogens (primary N) is 1. The van der Waals surface area contributed by atoms with Crippen molar-refractivity contribution in [3.8, 4) is 11.5 Å². The van der Waals surface area contributed by atoms with Crippen LogP contribution in [0.2, 0.25) is 10.0 Å². The molecule has 1 unspecified atom stereocenters. The van der Waals surface area contributed by atoms with E-state index in [2.05, 4.69) is 0 Å². The summed E-state index contributed by atoms with van der Waals surface area (Å²) in [6.07, 6.45) is 0.598. The molecule has 1 aliphatic heterocycles. The maximum Gasteiger partial charge on any atom is 0.227 e. The third kappa shape index (κ3) is 7.44. The number of halogens is 3. The van der Waals surface area contributed by atoms with Gasteiger partial charge in [-0.3, -0.25) is 4.79 Å². The number of carbonyl (C=O) groups excluding carboxylic acids is 1. The van der Waals surface area contributed by atoms with Crippen LogP contribution in [-0.2, 0) is 16.0 Å². The average Bonchev–Trinajstić information content (AvgIpc) is 2.77. The van der Waals surface area contributed by atoms with Gasteiger partial charge in [0.2, 0.25) is 5.91 Å². The van der Waals surface area contributed by atoms with E-state index >= 15 is 0 Å². The fraction of sp³-hybridized carbons (Fsp3) is 0.409. The summed E-state index contributed by atoms with van der Waals surface area (Å²) in [5.41, 5.74) is 6.91. The van der Waals surface area contributed by atoms with Gasteiger partial charge in [0.1, 0.15) is 19.0 Å². The Labute approximate surface area is 198 Å². The van der Waals surface area contributed by atoms with Crippen molar-refractivity contribution in [3.63, 3.8) is 0 Å². The first-order chi connectivity index (χ1) is 14.6. The molecule has 9 heteroatoms. The Morgan fingerprint density at radius 2 is 1.65 bits per heavy atom. The molecule has 0 spiro atoms. The summed E-state index contributed by atoms with van der Waals surface area (Å²) >= 11 is 12.2. The van der Waals surface area contributed by atoms with E-state index in [1.54, 1.807) is 18.2 Å². The molecule has 0 bridgehead atoms. The van der Waals surface area contributed by atoms with Crippen LogP contribution in [0.1, 0.15) is 5.56 Å². The molecule has 3 rings (SSSR count). The van der Waals surface area contributed by atoms with E-state index in [1.807, 2.05) is 29.2 Å². The first-order valence-corrected chi connectivity index (χ1v) is 10.7. The highest BCUT2D eigenvalue weighted by Gasteiger charge is 2.24. The molecule has 31 heavy (non-hydrogen) atoms. The minimum atomic E-state index is -0.233. The van der Waals surface area contributed by atoms with Gasteiger partial charge in [0.25, 0.3) is 0 Å². The summed E-state index contributed by atoms with van der Waals surface area (Å²) in [6, 6.07) is 12.9. The molecular formula is C22H27Cl3N2O4. The number of rotatable bonds is 9. The molecule has 0 radical (unpaired) electrons. The molecule has 6 nitrogen and oxygen atoms in total. The Hall–Kier alpha value is -1.70. The highest BCUT2D eigenvalue weighted by molar-refractivity contribution is 6.37. The first-order valence-electron chi connectivity index (χ1n) is 9.93. The highest BCUT2D eigenvalue weighted by Crippen LogP contribution is 2.32. The van der Waals surface area contributed by atoms with Gasteiger partial charge in [-0.2, -0.15) is 0 Å². The zero-order valence-electron chi connectivity index (χ0n) is 17.1. The molecule has 170 valence electrons. The Kier molecular flexibility index (Phi) is 10.7. The molecule has 1 aliphatic rings. The Bertz CT molecular complexity index is 810. The lowest BCUT2D eigenvalue weighted by molar-refractivity contribution is -0.139. The number of hydrogen-bond donors (Lipinski definition) is 1. The third-order valence-corrected chi connectivity index (χ3v) is 5.47. The van der Waals surface area contributed by atoms with Gasteiger partial charge in [0, 0.05) is 19.6 Å². The van der Waals surface area contributed by atoms with Crippen LogP contribution in [0, 0.1) is 5.92 Å². The van der Waals surface area contributed by atoms with Gasteiger partial charge in [-0.15, -0.1) is 12.4 Å². The van der Waals surface area contributed by atoms with Crippen molar-refractivity contribution in [2.24, 2.45) is 11.7 Å². The molecule has 2 aromatic carbocycles. The molecule has 0 aliphatic carbocycles. The van der Waals surface area contributed by atoms with Crippen LogP contribution < -0.4 is 15.2 Å². The number of para-hydroxylation sites is 1. The predicted molar refractivity (Wildman–Crippen MR) is 125 cm³/mol. The average molecular weight is 490 g/mol. The fourth-order valence-corrected chi connectivity index (χ4v) is 3.75. The number of nitrogens with zero attached hydrogens (tertiary/aromatic N) is 1. The number of benzene rings is 2. The molecule has 1 heterocycles. The van der Waals surface area contributed by atoms with Crippen molar-refractivity contribution in [3.05, 3.63) is 58.1 Å². The lowest BCUT2D eigenvalue weighted by atomic mass is 9.97. The number of ether oxygens (including phenoxy) is 3. The minimum Gasteiger partial charge on any atom is -0.490 e. The molecule has 1 saturated heterocycles. The summed E-state index contributed by atoms with van der Waals surface area (Å²) in [5, 5.41) is 0.931. The summed E-state index contributed by atoms with van der Waals surface area (Å²) < 4.78 is 16.6. The van der Waals surface area contributed by atoms with Crippen LogP contribution in [0.5, 0.6) is 11.5 Å². The third-order valence-electron chi connectivity index (χ3n) is 4.88. The summed E-state index contributed by atoms with van der Waals surface area (Å²) in [5.74, 6) is 1.04. The molecule has 2 N–H and O–H groups in total. The number of amides is 1. The van der Waals surface area contributed by atoms with E-state index in [4.69, 9.17) is 43.1 Å². The summed E-state index contributed by atoms with van der Waals surface area (Å²) in [7, 11) is 0. The molecule has 1 fully saturated rings. The van der Waals surface area contributed by atoms with Gasteiger partial charge >= 0.3 is 0 Å². The van der Waals surface area contributed by atoms with Gasteiger partial charge < -0.3 is 24.8 Å². The first kappa shape index (κ1) is 25.6. The van der Waals surface area contributed by atoms with E-state index < -0.39 is 0 Å². The normalized spacial score (nSPS) is 14.5. The monoisotopic (exact) mass is 488 g/mol. The second-order valence-electron chi connectivity index (χ2n) is 6.97. The van der Waals surface area contributed by atoms with Crippen molar-refractivity contribution in [1.29, 1.82) is 0 Å². The quantitative estimate of drug-likeness (QED) is 0.542. The van der Waals surface area contributed by atoms with Gasteiger partial charge in [-0.1, -0.05) is 41.4 Å². The lowest BCUT2D eigenvalue weighted by Crippen LogP contribution is -2.45. The van der Waals surface area contributed by atoms with Gasteiger partial charge in [-0.25, -0.2) is 0 Å². The molecule has 0 saturated carbocycles. The number of hydrogen-bond acceptors (Lipinski definition) is 5. The van der Waals surface area contributed by atoms with Crippen molar-refractivity contribution in [1.82, 2.24) is 4.90 Å². The molecular weight excluding hydrogens is 463 g/mol. The second-order valence-corrected chi connectivity index (χ2v) is 7.78. The Balaban J connectivity index is 0.00000341.